The molecule has 30 heavy (non-hydrogen) atoms. The molecule has 0 fully saturated rings. The summed E-state index contributed by atoms with van der Waals surface area (Å²) < 4.78 is 1.17. The first-order chi connectivity index (χ1) is 14.8. The Balaban J connectivity index is 1.48. The predicted molar refractivity (Wildman–Crippen MR) is 135 cm³/mol. The van der Waals surface area contributed by atoms with Gasteiger partial charge in [0.2, 0.25) is 0 Å². The first kappa shape index (κ1) is 19.3. The molecule has 5 aromatic rings. The molecule has 0 saturated heterocycles. The fraction of sp³-hybridized carbons (Fsp3) is 0. The highest BCUT2D eigenvalue weighted by Crippen LogP contribution is 2.40. The van der Waals surface area contributed by atoms with Gasteiger partial charge in [-0.15, -0.1) is 22.7 Å². The van der Waals surface area contributed by atoms with Gasteiger partial charge in [0.1, 0.15) is 0 Å². The van der Waals surface area contributed by atoms with Gasteiger partial charge < -0.3 is 4.90 Å². The van der Waals surface area contributed by atoms with E-state index in [9.17, 15) is 0 Å². The van der Waals surface area contributed by atoms with Crippen LogP contribution >= 0.6 is 38.6 Å². The molecule has 0 aliphatic rings. The van der Waals surface area contributed by atoms with Gasteiger partial charge in [0.25, 0.3) is 0 Å². The summed E-state index contributed by atoms with van der Waals surface area (Å²) in [6, 6.07) is 38.6. The van der Waals surface area contributed by atoms with E-state index in [0.717, 1.165) is 17.1 Å². The van der Waals surface area contributed by atoms with Gasteiger partial charge >= 0.3 is 0 Å². The van der Waals surface area contributed by atoms with Gasteiger partial charge in [-0.3, -0.25) is 0 Å². The number of nitrogens with zero attached hydrogens (tertiary/aromatic N) is 1. The Morgan fingerprint density at radius 2 is 0.967 bits per heavy atom. The number of rotatable bonds is 5. The van der Waals surface area contributed by atoms with Crippen LogP contribution in [0.3, 0.4) is 0 Å². The summed E-state index contributed by atoms with van der Waals surface area (Å²) in [4.78, 5) is 6.17. The molecule has 0 bridgehead atoms. The molecule has 0 spiro atoms. The molecular formula is C26H18BrNS2. The molecule has 146 valence electrons. The molecule has 2 aromatic heterocycles. The van der Waals surface area contributed by atoms with Gasteiger partial charge in [-0.1, -0.05) is 48.5 Å². The topological polar surface area (TPSA) is 3.24 Å². The van der Waals surface area contributed by atoms with Gasteiger partial charge in [-0.25, -0.2) is 0 Å². The molecule has 0 N–H and O–H groups in total. The van der Waals surface area contributed by atoms with Gasteiger partial charge in [0.15, 0.2) is 0 Å². The van der Waals surface area contributed by atoms with Crippen molar-refractivity contribution in [3.8, 4) is 20.2 Å². The molecule has 4 heteroatoms. The number of hydrogen-bond donors (Lipinski definition) is 0. The SMILES string of the molecule is Brc1ccc(-c2ccc(-c3ccc(N(c4ccccc4)c4ccccc4)cc3)s2)s1. The zero-order valence-electron chi connectivity index (χ0n) is 16.0. The molecule has 0 atom stereocenters. The molecule has 2 heterocycles. The minimum Gasteiger partial charge on any atom is -0.311 e. The minimum absolute atomic E-state index is 1.15. The van der Waals surface area contributed by atoms with Crippen LogP contribution in [0.2, 0.25) is 0 Å². The van der Waals surface area contributed by atoms with Crippen LogP contribution < -0.4 is 4.90 Å². The number of benzene rings is 3. The van der Waals surface area contributed by atoms with Gasteiger partial charge in [-0.2, -0.15) is 0 Å². The second-order valence-corrected chi connectivity index (χ2v) is 10.4. The zero-order valence-corrected chi connectivity index (χ0v) is 19.3. The van der Waals surface area contributed by atoms with Gasteiger partial charge in [0.05, 0.1) is 3.79 Å². The van der Waals surface area contributed by atoms with E-state index in [1.165, 1.54) is 24.0 Å². The van der Waals surface area contributed by atoms with E-state index < -0.39 is 0 Å². The summed E-state index contributed by atoms with van der Waals surface area (Å²) in [6.45, 7) is 0. The van der Waals surface area contributed by atoms with E-state index >= 15 is 0 Å². The molecule has 0 radical (unpaired) electrons. The Morgan fingerprint density at radius 3 is 1.53 bits per heavy atom. The fourth-order valence-corrected chi connectivity index (χ4v) is 5.94. The van der Waals surface area contributed by atoms with E-state index in [1.54, 1.807) is 11.3 Å². The highest BCUT2D eigenvalue weighted by molar-refractivity contribution is 9.11. The Bertz CT molecular complexity index is 1200. The molecule has 0 amide bonds. The second-order valence-electron chi connectivity index (χ2n) is 6.82. The highest BCUT2D eigenvalue weighted by Gasteiger charge is 2.12. The van der Waals surface area contributed by atoms with Crippen molar-refractivity contribution < 1.29 is 0 Å². The standard InChI is InChI=1S/C26H18BrNS2/c27-26-18-17-25(30-26)24-16-15-23(29-24)19-11-13-22(14-12-19)28(20-7-3-1-4-8-20)21-9-5-2-6-10-21/h1-18H. The maximum Gasteiger partial charge on any atom is 0.0705 e. The number of anilines is 3. The first-order valence-electron chi connectivity index (χ1n) is 9.64. The summed E-state index contributed by atoms with van der Waals surface area (Å²) in [6.07, 6.45) is 0. The van der Waals surface area contributed by atoms with Crippen molar-refractivity contribution in [3.05, 3.63) is 113 Å². The molecule has 0 unspecified atom stereocenters. The lowest BCUT2D eigenvalue weighted by Gasteiger charge is -2.25. The third kappa shape index (κ3) is 3.99. The monoisotopic (exact) mass is 487 g/mol. The summed E-state index contributed by atoms with van der Waals surface area (Å²) in [7, 11) is 0. The van der Waals surface area contributed by atoms with Crippen LogP contribution in [0.25, 0.3) is 20.2 Å². The molecule has 0 saturated carbocycles. The van der Waals surface area contributed by atoms with Crippen molar-refractivity contribution in [2.75, 3.05) is 4.90 Å². The summed E-state index contributed by atoms with van der Waals surface area (Å²) in [5.74, 6) is 0. The van der Waals surface area contributed by atoms with Crippen molar-refractivity contribution >= 4 is 55.7 Å². The fourth-order valence-electron chi connectivity index (χ4n) is 3.45. The van der Waals surface area contributed by atoms with Crippen LogP contribution in [0, 0.1) is 0 Å². The molecule has 0 aliphatic heterocycles. The summed E-state index contributed by atoms with van der Waals surface area (Å²) >= 11 is 7.17. The first-order valence-corrected chi connectivity index (χ1v) is 12.1. The number of thiophene rings is 2. The van der Waals surface area contributed by atoms with Crippen LogP contribution in [0.15, 0.2) is 113 Å². The number of para-hydroxylation sites is 2. The van der Waals surface area contributed by atoms with E-state index in [2.05, 4.69) is 130 Å². The minimum atomic E-state index is 1.15. The van der Waals surface area contributed by atoms with Gasteiger partial charge in [-0.05, 0) is 82.2 Å². The third-order valence-electron chi connectivity index (χ3n) is 4.86. The third-order valence-corrected chi connectivity index (χ3v) is 7.81. The lowest BCUT2D eigenvalue weighted by Crippen LogP contribution is -2.09. The molecule has 3 aromatic carbocycles. The van der Waals surface area contributed by atoms with Crippen molar-refractivity contribution in [1.29, 1.82) is 0 Å². The van der Waals surface area contributed by atoms with Crippen molar-refractivity contribution in [3.63, 3.8) is 0 Å². The van der Waals surface area contributed by atoms with Crippen molar-refractivity contribution in [2.24, 2.45) is 0 Å². The Morgan fingerprint density at radius 1 is 0.467 bits per heavy atom. The smallest absolute Gasteiger partial charge is 0.0705 e. The van der Waals surface area contributed by atoms with Crippen molar-refractivity contribution in [1.82, 2.24) is 0 Å². The van der Waals surface area contributed by atoms with E-state index in [-0.39, 0.29) is 0 Å². The lowest BCUT2D eigenvalue weighted by molar-refractivity contribution is 1.28. The Kier molecular flexibility index (Phi) is 5.54. The predicted octanol–water partition coefficient (Wildman–Crippen LogP) is 9.38. The van der Waals surface area contributed by atoms with Crippen LogP contribution in [-0.4, -0.2) is 0 Å². The normalized spacial score (nSPS) is 10.8. The highest BCUT2D eigenvalue weighted by atomic mass is 79.9. The maximum atomic E-state index is 3.56. The molecule has 1 nitrogen and oxygen atoms in total. The Labute approximate surface area is 193 Å². The zero-order chi connectivity index (χ0) is 20.3. The average molecular weight is 488 g/mol. The van der Waals surface area contributed by atoms with E-state index in [0.29, 0.717) is 0 Å². The average Bonchev–Trinajstić information content (AvgIpc) is 3.45. The number of halogens is 1. The Hall–Kier alpha value is -2.66. The largest absolute Gasteiger partial charge is 0.311 e. The second kappa shape index (κ2) is 8.60. The van der Waals surface area contributed by atoms with Crippen LogP contribution in [0.5, 0.6) is 0 Å². The van der Waals surface area contributed by atoms with Crippen molar-refractivity contribution in [2.45, 2.75) is 0 Å². The maximum absolute atomic E-state index is 3.56. The molecular weight excluding hydrogens is 470 g/mol. The van der Waals surface area contributed by atoms with Crippen LogP contribution in [-0.2, 0) is 0 Å². The lowest BCUT2D eigenvalue weighted by atomic mass is 10.1. The summed E-state index contributed by atoms with van der Waals surface area (Å²) in [5.41, 5.74) is 4.69. The van der Waals surface area contributed by atoms with E-state index in [4.69, 9.17) is 0 Å². The molecule has 5 rings (SSSR count). The van der Waals surface area contributed by atoms with Crippen LogP contribution in [0.1, 0.15) is 0 Å². The number of hydrogen-bond acceptors (Lipinski definition) is 3. The molecule has 0 aliphatic carbocycles. The van der Waals surface area contributed by atoms with E-state index in [1.807, 2.05) is 11.3 Å². The van der Waals surface area contributed by atoms with Gasteiger partial charge in [0, 0.05) is 31.7 Å². The van der Waals surface area contributed by atoms with Crippen LogP contribution in [0.4, 0.5) is 17.1 Å². The summed E-state index contributed by atoms with van der Waals surface area (Å²) in [5, 5.41) is 0. The quantitative estimate of drug-likeness (QED) is 0.238.